The van der Waals surface area contributed by atoms with Gasteiger partial charge in [-0.05, 0) is 24.3 Å². The highest BCUT2D eigenvalue weighted by Gasteiger charge is 2.31. The van der Waals surface area contributed by atoms with Crippen molar-refractivity contribution in [3.8, 4) is 0 Å². The topological polar surface area (TPSA) is 74.8 Å². The smallest absolute Gasteiger partial charge is 0.230 e. The number of carbonyl (C=O) groups excluding carboxylic acids is 1. The number of aromatic amines is 1. The lowest BCUT2D eigenvalue weighted by molar-refractivity contribution is -0.131. The predicted molar refractivity (Wildman–Crippen MR) is 86.6 cm³/mol. The molecule has 1 aromatic carbocycles. The van der Waals surface area contributed by atoms with E-state index in [4.69, 9.17) is 0 Å². The van der Waals surface area contributed by atoms with Gasteiger partial charge in [0.2, 0.25) is 5.91 Å². The van der Waals surface area contributed by atoms with Crippen LogP contribution in [0.25, 0.3) is 0 Å². The SMILES string of the molecule is C=CCC(C(=O)N1CCC(Cc2nn[nH]n2)C1)c1ccccc1. The van der Waals surface area contributed by atoms with E-state index < -0.39 is 0 Å². The Kier molecular flexibility index (Phi) is 4.80. The minimum Gasteiger partial charge on any atom is -0.342 e. The number of hydrogen-bond acceptors (Lipinski definition) is 4. The van der Waals surface area contributed by atoms with Crippen LogP contribution in [0.2, 0.25) is 0 Å². The normalized spacial score (nSPS) is 18.8. The molecule has 0 spiro atoms. The number of likely N-dealkylation sites (tertiary alicyclic amines) is 1. The summed E-state index contributed by atoms with van der Waals surface area (Å²) in [4.78, 5) is 14.9. The number of tetrazole rings is 1. The highest BCUT2D eigenvalue weighted by Crippen LogP contribution is 2.27. The van der Waals surface area contributed by atoms with Crippen molar-refractivity contribution in [2.24, 2.45) is 5.92 Å². The van der Waals surface area contributed by atoms with E-state index in [1.54, 1.807) is 0 Å². The molecule has 1 fully saturated rings. The van der Waals surface area contributed by atoms with Crippen LogP contribution in [0, 0.1) is 5.92 Å². The number of amides is 1. The van der Waals surface area contributed by atoms with Crippen molar-refractivity contribution >= 4 is 5.91 Å². The van der Waals surface area contributed by atoms with Gasteiger partial charge in [0.25, 0.3) is 0 Å². The fraction of sp³-hybridized carbons (Fsp3) is 0.412. The van der Waals surface area contributed by atoms with Gasteiger partial charge in [0, 0.05) is 19.5 Å². The van der Waals surface area contributed by atoms with Crippen molar-refractivity contribution in [3.63, 3.8) is 0 Å². The summed E-state index contributed by atoms with van der Waals surface area (Å²) in [6.45, 7) is 5.35. The molecule has 23 heavy (non-hydrogen) atoms. The first-order valence-electron chi connectivity index (χ1n) is 7.95. The lowest BCUT2D eigenvalue weighted by Gasteiger charge is -2.23. The maximum Gasteiger partial charge on any atom is 0.230 e. The van der Waals surface area contributed by atoms with Crippen LogP contribution >= 0.6 is 0 Å². The van der Waals surface area contributed by atoms with Gasteiger partial charge >= 0.3 is 0 Å². The Balaban J connectivity index is 1.65. The highest BCUT2D eigenvalue weighted by molar-refractivity contribution is 5.84. The molecule has 0 aliphatic carbocycles. The second-order valence-electron chi connectivity index (χ2n) is 5.96. The maximum atomic E-state index is 12.9. The molecule has 120 valence electrons. The van der Waals surface area contributed by atoms with Crippen LogP contribution in [0.4, 0.5) is 0 Å². The molecule has 2 heterocycles. The largest absolute Gasteiger partial charge is 0.342 e. The maximum absolute atomic E-state index is 12.9. The number of allylic oxidation sites excluding steroid dienone is 1. The number of benzene rings is 1. The first kappa shape index (κ1) is 15.4. The zero-order chi connectivity index (χ0) is 16.1. The lowest BCUT2D eigenvalue weighted by Crippen LogP contribution is -2.33. The van der Waals surface area contributed by atoms with E-state index in [1.807, 2.05) is 41.3 Å². The third kappa shape index (κ3) is 3.64. The van der Waals surface area contributed by atoms with Crippen molar-refractivity contribution in [3.05, 3.63) is 54.4 Å². The molecule has 2 aromatic rings. The number of H-pyrrole nitrogens is 1. The van der Waals surface area contributed by atoms with Crippen LogP contribution in [0.1, 0.15) is 30.1 Å². The Morgan fingerprint density at radius 1 is 1.43 bits per heavy atom. The Hall–Kier alpha value is -2.50. The van der Waals surface area contributed by atoms with Crippen molar-refractivity contribution in [1.29, 1.82) is 0 Å². The Morgan fingerprint density at radius 2 is 2.26 bits per heavy atom. The van der Waals surface area contributed by atoms with Gasteiger partial charge in [-0.2, -0.15) is 5.21 Å². The third-order valence-corrected chi connectivity index (χ3v) is 4.36. The molecule has 1 amide bonds. The monoisotopic (exact) mass is 311 g/mol. The summed E-state index contributed by atoms with van der Waals surface area (Å²) in [7, 11) is 0. The van der Waals surface area contributed by atoms with Crippen molar-refractivity contribution in [1.82, 2.24) is 25.5 Å². The second kappa shape index (κ2) is 7.17. The molecule has 0 saturated carbocycles. The summed E-state index contributed by atoms with van der Waals surface area (Å²) in [5, 5.41) is 14.1. The molecule has 1 aromatic heterocycles. The van der Waals surface area contributed by atoms with E-state index >= 15 is 0 Å². The number of nitrogens with one attached hydrogen (secondary N) is 1. The number of aromatic nitrogens is 4. The van der Waals surface area contributed by atoms with E-state index in [-0.39, 0.29) is 11.8 Å². The van der Waals surface area contributed by atoms with Crippen molar-refractivity contribution < 1.29 is 4.79 Å². The van der Waals surface area contributed by atoms with E-state index in [0.29, 0.717) is 12.3 Å². The zero-order valence-electron chi connectivity index (χ0n) is 13.1. The molecule has 3 rings (SSSR count). The second-order valence-corrected chi connectivity index (χ2v) is 5.96. The number of hydrogen-bond donors (Lipinski definition) is 1. The molecule has 0 bridgehead atoms. The predicted octanol–water partition coefficient (Wildman–Crippen LogP) is 1.95. The Bertz CT molecular complexity index is 640. The van der Waals surface area contributed by atoms with Gasteiger partial charge in [-0.3, -0.25) is 4.79 Å². The minimum atomic E-state index is -0.141. The summed E-state index contributed by atoms with van der Waals surface area (Å²) in [5.74, 6) is 1.16. The van der Waals surface area contributed by atoms with E-state index in [9.17, 15) is 4.79 Å². The summed E-state index contributed by atoms with van der Waals surface area (Å²) in [5.41, 5.74) is 1.05. The third-order valence-electron chi connectivity index (χ3n) is 4.36. The quantitative estimate of drug-likeness (QED) is 0.827. The van der Waals surface area contributed by atoms with Crippen LogP contribution in [0.15, 0.2) is 43.0 Å². The molecule has 6 nitrogen and oxygen atoms in total. The highest BCUT2D eigenvalue weighted by atomic mass is 16.2. The van der Waals surface area contributed by atoms with Crippen LogP contribution < -0.4 is 0 Å². The van der Waals surface area contributed by atoms with Gasteiger partial charge in [-0.25, -0.2) is 0 Å². The molecule has 1 aliphatic heterocycles. The molecular weight excluding hydrogens is 290 g/mol. The average Bonchev–Trinajstić information content (AvgIpc) is 3.25. The van der Waals surface area contributed by atoms with E-state index in [0.717, 1.165) is 37.3 Å². The van der Waals surface area contributed by atoms with Gasteiger partial charge < -0.3 is 4.90 Å². The fourth-order valence-corrected chi connectivity index (χ4v) is 3.18. The molecule has 1 saturated heterocycles. The Morgan fingerprint density at radius 3 is 2.96 bits per heavy atom. The lowest BCUT2D eigenvalue weighted by atomic mass is 9.94. The summed E-state index contributed by atoms with van der Waals surface area (Å²) in [6.07, 6.45) is 4.23. The average molecular weight is 311 g/mol. The number of carbonyl (C=O) groups is 1. The molecule has 6 heteroatoms. The van der Waals surface area contributed by atoms with E-state index in [1.165, 1.54) is 0 Å². The molecular formula is C17H21N5O. The number of nitrogens with zero attached hydrogens (tertiary/aromatic N) is 4. The standard InChI is InChI=1S/C17H21N5O/c1-2-6-15(14-7-4-3-5-8-14)17(23)22-10-9-13(12-22)11-16-18-20-21-19-16/h2-5,7-8,13,15H,1,6,9-12H2,(H,18,19,20,21). The van der Waals surface area contributed by atoms with Crippen LogP contribution in [-0.4, -0.2) is 44.5 Å². The van der Waals surface area contributed by atoms with Gasteiger partial charge in [0.05, 0.1) is 5.92 Å². The molecule has 0 radical (unpaired) electrons. The first-order chi connectivity index (χ1) is 11.3. The molecule has 1 aliphatic rings. The fourth-order valence-electron chi connectivity index (χ4n) is 3.18. The molecule has 2 atom stereocenters. The van der Waals surface area contributed by atoms with Crippen LogP contribution in [0.3, 0.4) is 0 Å². The van der Waals surface area contributed by atoms with Gasteiger partial charge in [-0.1, -0.05) is 41.6 Å². The van der Waals surface area contributed by atoms with Crippen LogP contribution in [0.5, 0.6) is 0 Å². The zero-order valence-corrected chi connectivity index (χ0v) is 13.1. The molecule has 1 N–H and O–H groups in total. The number of rotatable bonds is 6. The van der Waals surface area contributed by atoms with E-state index in [2.05, 4.69) is 27.2 Å². The van der Waals surface area contributed by atoms with Gasteiger partial charge in [0.1, 0.15) is 0 Å². The minimum absolute atomic E-state index is 0.141. The molecule has 2 unspecified atom stereocenters. The van der Waals surface area contributed by atoms with Crippen LogP contribution in [-0.2, 0) is 11.2 Å². The van der Waals surface area contributed by atoms with Gasteiger partial charge in [-0.15, -0.1) is 16.8 Å². The first-order valence-corrected chi connectivity index (χ1v) is 7.95. The summed E-state index contributed by atoms with van der Waals surface area (Å²) < 4.78 is 0. The van der Waals surface area contributed by atoms with Gasteiger partial charge in [0.15, 0.2) is 5.82 Å². The van der Waals surface area contributed by atoms with Crippen molar-refractivity contribution in [2.75, 3.05) is 13.1 Å². The summed E-state index contributed by atoms with van der Waals surface area (Å²) in [6, 6.07) is 9.94. The Labute approximate surface area is 135 Å². The summed E-state index contributed by atoms with van der Waals surface area (Å²) >= 11 is 0. The van der Waals surface area contributed by atoms with Crippen molar-refractivity contribution in [2.45, 2.75) is 25.2 Å².